The van der Waals surface area contributed by atoms with Crippen molar-refractivity contribution in [2.75, 3.05) is 0 Å². The molecule has 0 bridgehead atoms. The van der Waals surface area contributed by atoms with Gasteiger partial charge in [0.15, 0.2) is 0 Å². The van der Waals surface area contributed by atoms with E-state index in [1.54, 1.807) is 0 Å². The summed E-state index contributed by atoms with van der Waals surface area (Å²) in [6.07, 6.45) is 4.14. The second kappa shape index (κ2) is 8.47. The van der Waals surface area contributed by atoms with Gasteiger partial charge in [0.2, 0.25) is 0 Å². The van der Waals surface area contributed by atoms with Crippen molar-refractivity contribution in [2.45, 2.75) is 33.1 Å². The highest BCUT2D eigenvalue weighted by Crippen LogP contribution is 2.47. The fourth-order valence-electron chi connectivity index (χ4n) is 6.35. The Morgan fingerprint density at radius 2 is 1.28 bits per heavy atom. The number of nitrogens with zero attached hydrogens (tertiary/aromatic N) is 2. The van der Waals surface area contributed by atoms with Crippen molar-refractivity contribution >= 4 is 60.1 Å². The molecule has 0 fully saturated rings. The molecule has 190 valence electrons. The predicted molar refractivity (Wildman–Crippen MR) is 170 cm³/mol. The van der Waals surface area contributed by atoms with Gasteiger partial charge in [-0.1, -0.05) is 106 Å². The molecule has 7 aromatic rings. The van der Waals surface area contributed by atoms with Crippen molar-refractivity contribution in [3.63, 3.8) is 0 Å². The minimum absolute atomic E-state index is 0.0352. The van der Waals surface area contributed by atoms with Crippen LogP contribution in [0.5, 0.6) is 0 Å². The van der Waals surface area contributed by atoms with Crippen LogP contribution in [0.25, 0.3) is 65.8 Å². The molecule has 0 radical (unpaired) electrons. The summed E-state index contributed by atoms with van der Waals surface area (Å²) in [4.78, 5) is 0. The van der Waals surface area contributed by atoms with Crippen LogP contribution >= 0.6 is 0 Å². The second-order valence-electron chi connectivity index (χ2n) is 11.4. The fraction of sp³-hybridized carbons (Fsp3) is 0.135. The standard InChI is InChI=1S/C37H32N2/c1-6-25(7-2)38-32-22-21-24(37(3,4)5)23-31(32)35-36(38)33-29-19-13-11-17-27(29)28-18-12-14-20-30(28)34(33)39(35)26-15-9-8-10-16-26/h6-23H,1H2,2-5H3/b25-7+. The number of benzene rings is 5. The van der Waals surface area contributed by atoms with Gasteiger partial charge in [0.1, 0.15) is 0 Å². The number of hydrogen-bond donors (Lipinski definition) is 0. The molecule has 0 saturated heterocycles. The summed E-state index contributed by atoms with van der Waals surface area (Å²) in [7, 11) is 0. The smallest absolute Gasteiger partial charge is 0.0810 e. The first-order valence-electron chi connectivity index (χ1n) is 13.7. The molecule has 0 saturated carbocycles. The molecule has 0 atom stereocenters. The molecule has 5 aromatic carbocycles. The van der Waals surface area contributed by atoms with E-state index in [4.69, 9.17) is 0 Å². The van der Waals surface area contributed by atoms with Gasteiger partial charge in [-0.2, -0.15) is 0 Å². The van der Waals surface area contributed by atoms with Crippen LogP contribution in [0.15, 0.2) is 116 Å². The lowest BCUT2D eigenvalue weighted by atomic mass is 9.86. The molecule has 0 unspecified atom stereocenters. The van der Waals surface area contributed by atoms with Crippen LogP contribution in [0.2, 0.25) is 0 Å². The van der Waals surface area contributed by atoms with E-state index in [1.165, 1.54) is 65.6 Å². The molecule has 0 spiro atoms. The van der Waals surface area contributed by atoms with E-state index in [9.17, 15) is 0 Å². The Kier molecular flexibility index (Phi) is 5.12. The summed E-state index contributed by atoms with van der Waals surface area (Å²) < 4.78 is 4.92. The number of aromatic nitrogens is 2. The zero-order chi connectivity index (χ0) is 26.9. The molecule has 0 amide bonds. The molecule has 0 N–H and O–H groups in total. The SMILES string of the molecule is C=C/C(=C\C)n1c2ccc(C(C)(C)C)cc2c2c1c1c3ccccc3c3ccccc3c1n2-c1ccccc1. The third kappa shape index (κ3) is 3.28. The predicted octanol–water partition coefficient (Wildman–Crippen LogP) is 10.4. The van der Waals surface area contributed by atoms with E-state index < -0.39 is 0 Å². The lowest BCUT2D eigenvalue weighted by molar-refractivity contribution is 0.591. The molecular formula is C37H32N2. The molecule has 0 aliphatic carbocycles. The highest BCUT2D eigenvalue weighted by Gasteiger charge is 2.26. The van der Waals surface area contributed by atoms with Crippen molar-refractivity contribution in [1.82, 2.24) is 9.13 Å². The Balaban J connectivity index is 1.89. The summed E-state index contributed by atoms with van der Waals surface area (Å²) in [6, 6.07) is 35.5. The van der Waals surface area contributed by atoms with Gasteiger partial charge in [0.05, 0.1) is 22.1 Å². The molecule has 2 heterocycles. The lowest BCUT2D eigenvalue weighted by Gasteiger charge is -2.19. The van der Waals surface area contributed by atoms with Crippen LogP contribution in [0.3, 0.4) is 0 Å². The highest BCUT2D eigenvalue weighted by molar-refractivity contribution is 6.34. The second-order valence-corrected chi connectivity index (χ2v) is 11.4. The van der Waals surface area contributed by atoms with Crippen molar-refractivity contribution < 1.29 is 0 Å². The molecule has 2 aromatic heterocycles. The van der Waals surface area contributed by atoms with Crippen LogP contribution < -0.4 is 0 Å². The van der Waals surface area contributed by atoms with E-state index in [0.29, 0.717) is 0 Å². The van der Waals surface area contributed by atoms with Crippen molar-refractivity contribution in [1.29, 1.82) is 0 Å². The average Bonchev–Trinajstić information content (AvgIpc) is 3.47. The van der Waals surface area contributed by atoms with E-state index in [2.05, 4.69) is 147 Å². The summed E-state index contributed by atoms with van der Waals surface area (Å²) in [5, 5.41) is 7.62. The Hall–Kier alpha value is -4.56. The van der Waals surface area contributed by atoms with Gasteiger partial charge in [-0.05, 0) is 64.4 Å². The van der Waals surface area contributed by atoms with Crippen molar-refractivity contribution in [2.24, 2.45) is 0 Å². The van der Waals surface area contributed by atoms with Crippen LogP contribution in [0.1, 0.15) is 33.3 Å². The molecule has 2 heteroatoms. The van der Waals surface area contributed by atoms with Gasteiger partial charge in [0, 0.05) is 27.5 Å². The van der Waals surface area contributed by atoms with Gasteiger partial charge in [-0.15, -0.1) is 0 Å². The lowest BCUT2D eigenvalue weighted by Crippen LogP contribution is -2.10. The summed E-state index contributed by atoms with van der Waals surface area (Å²) in [5.74, 6) is 0. The van der Waals surface area contributed by atoms with Gasteiger partial charge < -0.3 is 9.13 Å². The largest absolute Gasteiger partial charge is 0.307 e. The van der Waals surface area contributed by atoms with E-state index in [-0.39, 0.29) is 5.41 Å². The molecule has 2 nitrogen and oxygen atoms in total. The summed E-state index contributed by atoms with van der Waals surface area (Å²) >= 11 is 0. The Labute approximate surface area is 229 Å². The van der Waals surface area contributed by atoms with Crippen LogP contribution in [0.4, 0.5) is 0 Å². The number of para-hydroxylation sites is 1. The van der Waals surface area contributed by atoms with Crippen molar-refractivity contribution in [3.05, 3.63) is 121 Å². The fourth-order valence-corrected chi connectivity index (χ4v) is 6.35. The number of rotatable bonds is 3. The Morgan fingerprint density at radius 1 is 0.667 bits per heavy atom. The molecular weight excluding hydrogens is 472 g/mol. The van der Waals surface area contributed by atoms with Gasteiger partial charge in [0.25, 0.3) is 0 Å². The number of allylic oxidation sites excluding steroid dienone is 3. The van der Waals surface area contributed by atoms with Crippen LogP contribution in [0, 0.1) is 0 Å². The van der Waals surface area contributed by atoms with Crippen LogP contribution in [-0.2, 0) is 5.41 Å². The maximum absolute atomic E-state index is 4.22. The Bertz CT molecular complexity index is 2110. The van der Waals surface area contributed by atoms with E-state index in [0.717, 1.165) is 5.70 Å². The van der Waals surface area contributed by atoms with Gasteiger partial charge >= 0.3 is 0 Å². The summed E-state index contributed by atoms with van der Waals surface area (Å²) in [6.45, 7) is 13.2. The van der Waals surface area contributed by atoms with Gasteiger partial charge in [-0.3, -0.25) is 0 Å². The zero-order valence-electron chi connectivity index (χ0n) is 23.0. The minimum Gasteiger partial charge on any atom is -0.307 e. The first-order valence-corrected chi connectivity index (χ1v) is 13.7. The quantitative estimate of drug-likeness (QED) is 0.167. The molecule has 7 rings (SSSR count). The monoisotopic (exact) mass is 504 g/mol. The zero-order valence-corrected chi connectivity index (χ0v) is 23.0. The molecule has 0 aliphatic heterocycles. The third-order valence-corrected chi connectivity index (χ3v) is 8.17. The average molecular weight is 505 g/mol. The number of hydrogen-bond acceptors (Lipinski definition) is 0. The van der Waals surface area contributed by atoms with E-state index in [1.807, 2.05) is 6.08 Å². The normalized spacial score (nSPS) is 12.9. The van der Waals surface area contributed by atoms with Gasteiger partial charge in [-0.25, -0.2) is 0 Å². The first kappa shape index (κ1) is 23.5. The highest BCUT2D eigenvalue weighted by atomic mass is 15.1. The maximum Gasteiger partial charge on any atom is 0.0810 e. The first-order chi connectivity index (χ1) is 18.9. The molecule has 39 heavy (non-hydrogen) atoms. The third-order valence-electron chi connectivity index (χ3n) is 8.17. The molecule has 0 aliphatic rings. The summed E-state index contributed by atoms with van der Waals surface area (Å²) in [5.41, 5.74) is 8.52. The topological polar surface area (TPSA) is 9.86 Å². The Morgan fingerprint density at radius 3 is 1.92 bits per heavy atom. The van der Waals surface area contributed by atoms with Crippen LogP contribution in [-0.4, -0.2) is 9.13 Å². The van der Waals surface area contributed by atoms with Crippen molar-refractivity contribution in [3.8, 4) is 5.69 Å². The maximum atomic E-state index is 4.22. The minimum atomic E-state index is 0.0352. The number of fused-ring (bicyclic) bond motifs is 10. The van der Waals surface area contributed by atoms with E-state index >= 15 is 0 Å².